The van der Waals surface area contributed by atoms with E-state index in [4.69, 9.17) is 0 Å². The summed E-state index contributed by atoms with van der Waals surface area (Å²) < 4.78 is 0. The lowest BCUT2D eigenvalue weighted by Crippen LogP contribution is -2.37. The van der Waals surface area contributed by atoms with Gasteiger partial charge in [0.15, 0.2) is 0 Å². The third-order valence-corrected chi connectivity index (χ3v) is 2.15. The standard InChI is InChI=1S/C7H16N2/c1-6-7(9(2)3)4-5-8-6/h6-8H,4-5H2,1-3H3/t6-,7-/m1/s1. The minimum atomic E-state index is 0.681. The van der Waals surface area contributed by atoms with Crippen LogP contribution in [0.4, 0.5) is 0 Å². The minimum Gasteiger partial charge on any atom is -0.313 e. The highest BCUT2D eigenvalue weighted by molar-refractivity contribution is 4.85. The molecule has 0 amide bonds. The summed E-state index contributed by atoms with van der Waals surface area (Å²) in [4.78, 5) is 2.30. The molecule has 0 aliphatic carbocycles. The van der Waals surface area contributed by atoms with Crippen molar-refractivity contribution in [1.82, 2.24) is 10.2 Å². The predicted octanol–water partition coefficient (Wildman–Crippen LogP) is 0.298. The van der Waals surface area contributed by atoms with E-state index >= 15 is 0 Å². The molecule has 9 heavy (non-hydrogen) atoms. The topological polar surface area (TPSA) is 15.3 Å². The first-order chi connectivity index (χ1) is 4.22. The Morgan fingerprint density at radius 2 is 2.11 bits per heavy atom. The van der Waals surface area contributed by atoms with Gasteiger partial charge in [-0.15, -0.1) is 0 Å². The van der Waals surface area contributed by atoms with Crippen molar-refractivity contribution in [2.45, 2.75) is 25.4 Å². The van der Waals surface area contributed by atoms with E-state index in [1.54, 1.807) is 0 Å². The molecule has 0 radical (unpaired) electrons. The van der Waals surface area contributed by atoms with E-state index in [2.05, 4.69) is 31.2 Å². The van der Waals surface area contributed by atoms with Crippen molar-refractivity contribution in [1.29, 1.82) is 0 Å². The number of likely N-dealkylation sites (N-methyl/N-ethyl adjacent to an activating group) is 1. The predicted molar refractivity (Wildman–Crippen MR) is 39.6 cm³/mol. The first-order valence-corrected chi connectivity index (χ1v) is 3.61. The fourth-order valence-electron chi connectivity index (χ4n) is 1.55. The van der Waals surface area contributed by atoms with Crippen LogP contribution in [0.15, 0.2) is 0 Å². The summed E-state index contributed by atoms with van der Waals surface area (Å²) in [6.45, 7) is 3.43. The zero-order valence-electron chi connectivity index (χ0n) is 6.52. The molecule has 0 aromatic rings. The Kier molecular flexibility index (Phi) is 2.09. The molecule has 0 spiro atoms. The van der Waals surface area contributed by atoms with Crippen molar-refractivity contribution in [2.75, 3.05) is 20.6 Å². The summed E-state index contributed by atoms with van der Waals surface area (Å²) in [6, 6.07) is 1.44. The van der Waals surface area contributed by atoms with Crippen LogP contribution in [0, 0.1) is 0 Å². The number of nitrogens with one attached hydrogen (secondary N) is 1. The number of hydrogen-bond donors (Lipinski definition) is 1. The van der Waals surface area contributed by atoms with Crippen LogP contribution in [-0.2, 0) is 0 Å². The number of rotatable bonds is 1. The molecule has 1 fully saturated rings. The Hall–Kier alpha value is -0.0800. The lowest BCUT2D eigenvalue weighted by Gasteiger charge is -2.22. The summed E-state index contributed by atoms with van der Waals surface area (Å²) in [5, 5.41) is 3.41. The van der Waals surface area contributed by atoms with Crippen LogP contribution < -0.4 is 5.32 Å². The van der Waals surface area contributed by atoms with Crippen LogP contribution in [0.25, 0.3) is 0 Å². The third kappa shape index (κ3) is 1.43. The van der Waals surface area contributed by atoms with Gasteiger partial charge in [-0.2, -0.15) is 0 Å². The number of nitrogens with zero attached hydrogens (tertiary/aromatic N) is 1. The largest absolute Gasteiger partial charge is 0.313 e. The van der Waals surface area contributed by atoms with Gasteiger partial charge < -0.3 is 10.2 Å². The van der Waals surface area contributed by atoms with Crippen molar-refractivity contribution in [3.8, 4) is 0 Å². The summed E-state index contributed by atoms with van der Waals surface area (Å²) >= 11 is 0. The molecule has 1 aliphatic rings. The quantitative estimate of drug-likeness (QED) is 0.546. The molecule has 2 atom stereocenters. The first kappa shape index (κ1) is 7.03. The molecule has 0 unspecified atom stereocenters. The molecule has 0 bridgehead atoms. The van der Waals surface area contributed by atoms with Gasteiger partial charge in [0.1, 0.15) is 0 Å². The monoisotopic (exact) mass is 128 g/mol. The molecule has 0 saturated carbocycles. The highest BCUT2D eigenvalue weighted by Crippen LogP contribution is 2.10. The maximum atomic E-state index is 3.41. The second-order valence-corrected chi connectivity index (χ2v) is 3.06. The molecule has 1 aliphatic heterocycles. The average molecular weight is 128 g/mol. The lowest BCUT2D eigenvalue weighted by atomic mass is 10.1. The molecule has 54 valence electrons. The van der Waals surface area contributed by atoms with Gasteiger partial charge in [0.2, 0.25) is 0 Å². The van der Waals surface area contributed by atoms with Crippen molar-refractivity contribution < 1.29 is 0 Å². The molecule has 0 aromatic heterocycles. The summed E-state index contributed by atoms with van der Waals surface area (Å²) in [5.74, 6) is 0. The summed E-state index contributed by atoms with van der Waals surface area (Å²) in [5.41, 5.74) is 0. The van der Waals surface area contributed by atoms with Crippen LogP contribution in [0.3, 0.4) is 0 Å². The minimum absolute atomic E-state index is 0.681. The molecule has 2 heteroatoms. The maximum absolute atomic E-state index is 3.41. The van der Waals surface area contributed by atoms with Gasteiger partial charge in [-0.3, -0.25) is 0 Å². The zero-order valence-corrected chi connectivity index (χ0v) is 6.52. The van der Waals surface area contributed by atoms with Gasteiger partial charge in [-0.1, -0.05) is 0 Å². The summed E-state index contributed by atoms with van der Waals surface area (Å²) in [7, 11) is 4.29. The Balaban J connectivity index is 2.40. The number of hydrogen-bond acceptors (Lipinski definition) is 2. The van der Waals surface area contributed by atoms with E-state index in [0.29, 0.717) is 6.04 Å². The molecular weight excluding hydrogens is 112 g/mol. The molecule has 1 saturated heterocycles. The molecule has 1 N–H and O–H groups in total. The van der Waals surface area contributed by atoms with E-state index in [9.17, 15) is 0 Å². The van der Waals surface area contributed by atoms with Crippen LogP contribution >= 0.6 is 0 Å². The molecule has 1 rings (SSSR count). The van der Waals surface area contributed by atoms with E-state index in [-0.39, 0.29) is 0 Å². The van der Waals surface area contributed by atoms with E-state index in [1.807, 2.05) is 0 Å². The fourth-order valence-corrected chi connectivity index (χ4v) is 1.55. The summed E-state index contributed by atoms with van der Waals surface area (Å²) in [6.07, 6.45) is 1.30. The lowest BCUT2D eigenvalue weighted by molar-refractivity contribution is 0.277. The zero-order chi connectivity index (χ0) is 6.85. The van der Waals surface area contributed by atoms with E-state index < -0.39 is 0 Å². The van der Waals surface area contributed by atoms with E-state index in [1.165, 1.54) is 13.0 Å². The second-order valence-electron chi connectivity index (χ2n) is 3.06. The van der Waals surface area contributed by atoms with Gasteiger partial charge >= 0.3 is 0 Å². The highest BCUT2D eigenvalue weighted by Gasteiger charge is 2.23. The average Bonchev–Trinajstić information content (AvgIpc) is 2.13. The third-order valence-electron chi connectivity index (χ3n) is 2.15. The SMILES string of the molecule is C[C@H]1NCC[C@H]1N(C)C. The smallest absolute Gasteiger partial charge is 0.0252 e. The van der Waals surface area contributed by atoms with Crippen molar-refractivity contribution >= 4 is 0 Å². The van der Waals surface area contributed by atoms with Gasteiger partial charge in [0, 0.05) is 12.1 Å². The van der Waals surface area contributed by atoms with Gasteiger partial charge in [-0.05, 0) is 34.0 Å². The second kappa shape index (κ2) is 2.67. The highest BCUT2D eigenvalue weighted by atomic mass is 15.2. The van der Waals surface area contributed by atoms with Gasteiger partial charge in [0.05, 0.1) is 0 Å². The Morgan fingerprint density at radius 1 is 1.44 bits per heavy atom. The Bertz CT molecular complexity index is 90.9. The first-order valence-electron chi connectivity index (χ1n) is 3.61. The van der Waals surface area contributed by atoms with Crippen LogP contribution in [0.5, 0.6) is 0 Å². The Labute approximate surface area is 57.2 Å². The van der Waals surface area contributed by atoms with Crippen molar-refractivity contribution in [3.05, 3.63) is 0 Å². The molecular formula is C7H16N2. The van der Waals surface area contributed by atoms with Crippen LogP contribution in [0.1, 0.15) is 13.3 Å². The fraction of sp³-hybridized carbons (Fsp3) is 1.00. The molecule has 2 nitrogen and oxygen atoms in total. The Morgan fingerprint density at radius 3 is 2.33 bits per heavy atom. The van der Waals surface area contributed by atoms with Crippen LogP contribution in [0.2, 0.25) is 0 Å². The van der Waals surface area contributed by atoms with Crippen molar-refractivity contribution in [3.63, 3.8) is 0 Å². The van der Waals surface area contributed by atoms with Crippen LogP contribution in [-0.4, -0.2) is 37.6 Å². The van der Waals surface area contributed by atoms with Gasteiger partial charge in [-0.25, -0.2) is 0 Å². The van der Waals surface area contributed by atoms with Gasteiger partial charge in [0.25, 0.3) is 0 Å². The maximum Gasteiger partial charge on any atom is 0.0252 e. The van der Waals surface area contributed by atoms with E-state index in [0.717, 1.165) is 6.04 Å². The normalized spacial score (nSPS) is 36.0. The molecule has 1 heterocycles. The van der Waals surface area contributed by atoms with Crippen molar-refractivity contribution in [2.24, 2.45) is 0 Å². The molecule has 0 aromatic carbocycles.